The third-order valence-corrected chi connectivity index (χ3v) is 7.29. The molecule has 0 fully saturated rings. The molecule has 2 aromatic carbocycles. The number of halogens is 1. The van der Waals surface area contributed by atoms with Crippen molar-refractivity contribution in [2.24, 2.45) is 0 Å². The van der Waals surface area contributed by atoms with Crippen molar-refractivity contribution in [2.75, 3.05) is 23.7 Å². The van der Waals surface area contributed by atoms with E-state index in [0.29, 0.717) is 29.4 Å². The highest BCUT2D eigenvalue weighted by Crippen LogP contribution is 2.30. The van der Waals surface area contributed by atoms with Crippen molar-refractivity contribution in [3.8, 4) is 5.75 Å². The lowest BCUT2D eigenvalue weighted by molar-refractivity contribution is -0.140. The maximum atomic E-state index is 13.8. The molecule has 8 nitrogen and oxygen atoms in total. The zero-order valence-corrected chi connectivity index (χ0v) is 23.1. The van der Waals surface area contributed by atoms with Crippen LogP contribution in [0.4, 0.5) is 5.69 Å². The van der Waals surface area contributed by atoms with Crippen molar-refractivity contribution < 1.29 is 22.7 Å². The number of nitrogens with zero attached hydrogens (tertiary/aromatic N) is 2. The maximum absolute atomic E-state index is 13.8. The highest BCUT2D eigenvalue weighted by Gasteiger charge is 2.33. The van der Waals surface area contributed by atoms with Crippen molar-refractivity contribution in [1.82, 2.24) is 10.2 Å². The highest BCUT2D eigenvalue weighted by molar-refractivity contribution is 7.92. The Bertz CT molecular complexity index is 1140. The van der Waals surface area contributed by atoms with E-state index in [1.54, 1.807) is 55.5 Å². The monoisotopic (exact) mass is 537 g/mol. The number of ether oxygens (including phenoxy) is 1. The minimum Gasteiger partial charge on any atom is -0.492 e. The van der Waals surface area contributed by atoms with Crippen molar-refractivity contribution in [3.63, 3.8) is 0 Å². The van der Waals surface area contributed by atoms with E-state index in [1.807, 2.05) is 20.8 Å². The second kappa shape index (κ2) is 13.5. The maximum Gasteiger partial charge on any atom is 0.244 e. The molecule has 0 saturated carbocycles. The number of carbonyl (C=O) groups excluding carboxylic acids is 2. The molecule has 36 heavy (non-hydrogen) atoms. The van der Waals surface area contributed by atoms with Gasteiger partial charge in [0.25, 0.3) is 0 Å². The van der Waals surface area contributed by atoms with E-state index in [4.69, 9.17) is 16.3 Å². The molecule has 2 atom stereocenters. The quantitative estimate of drug-likeness (QED) is 0.412. The van der Waals surface area contributed by atoms with Gasteiger partial charge in [-0.05, 0) is 50.5 Å². The van der Waals surface area contributed by atoms with Gasteiger partial charge in [-0.1, -0.05) is 55.8 Å². The van der Waals surface area contributed by atoms with Crippen LogP contribution in [0.15, 0.2) is 48.5 Å². The van der Waals surface area contributed by atoms with Gasteiger partial charge in [0.15, 0.2) is 0 Å². The fourth-order valence-corrected chi connectivity index (χ4v) is 4.75. The van der Waals surface area contributed by atoms with Crippen molar-refractivity contribution in [2.45, 2.75) is 59.2 Å². The van der Waals surface area contributed by atoms with Crippen LogP contribution in [0, 0.1) is 0 Å². The van der Waals surface area contributed by atoms with Crippen LogP contribution >= 0.6 is 11.6 Å². The molecule has 0 bridgehead atoms. The molecule has 0 aliphatic heterocycles. The van der Waals surface area contributed by atoms with Gasteiger partial charge >= 0.3 is 0 Å². The van der Waals surface area contributed by atoms with Gasteiger partial charge in [0.1, 0.15) is 18.3 Å². The molecule has 2 amide bonds. The van der Waals surface area contributed by atoms with Gasteiger partial charge in [-0.15, -0.1) is 0 Å². The minimum atomic E-state index is -3.86. The van der Waals surface area contributed by atoms with Crippen LogP contribution in [-0.4, -0.2) is 56.6 Å². The van der Waals surface area contributed by atoms with E-state index < -0.39 is 28.5 Å². The predicted octanol–water partition coefficient (Wildman–Crippen LogP) is 4.23. The molecule has 198 valence electrons. The highest BCUT2D eigenvalue weighted by atomic mass is 35.5. The molecule has 2 rings (SSSR count). The molecular weight excluding hydrogens is 502 g/mol. The number of nitrogens with one attached hydrogen (secondary N) is 1. The Kier molecular flexibility index (Phi) is 11.0. The average molecular weight is 538 g/mol. The van der Waals surface area contributed by atoms with E-state index in [2.05, 4.69) is 5.32 Å². The van der Waals surface area contributed by atoms with Crippen LogP contribution in [0.1, 0.15) is 46.1 Å². The summed E-state index contributed by atoms with van der Waals surface area (Å²) in [4.78, 5) is 28.3. The zero-order valence-electron chi connectivity index (χ0n) is 21.5. The molecule has 0 aromatic heterocycles. The SMILES string of the molecule is CCOc1ccccc1N(CC(=O)N(Cc1ccccc1Cl)[C@@H](CC)C(=O)N[C@H](C)CC)S(C)(=O)=O. The summed E-state index contributed by atoms with van der Waals surface area (Å²) < 4.78 is 32.3. The molecular formula is C26H36ClN3O5S. The van der Waals surface area contributed by atoms with Crippen LogP contribution in [-0.2, 0) is 26.2 Å². The third kappa shape index (κ3) is 7.86. The number of hydrogen-bond acceptors (Lipinski definition) is 5. The fourth-order valence-electron chi connectivity index (χ4n) is 3.71. The number of anilines is 1. The average Bonchev–Trinajstić information content (AvgIpc) is 2.83. The van der Waals surface area contributed by atoms with Crippen LogP contribution in [0.3, 0.4) is 0 Å². The summed E-state index contributed by atoms with van der Waals surface area (Å²) in [6.07, 6.45) is 2.11. The Hall–Kier alpha value is -2.78. The number of amides is 2. The molecule has 0 saturated heterocycles. The standard InChI is InChI=1S/C26H36ClN3O5S/c1-6-19(4)28-26(32)22(7-2)29(17-20-13-9-10-14-21(20)27)25(31)18-30(36(5,33)34)23-15-11-12-16-24(23)35-8-3/h9-16,19,22H,6-8,17-18H2,1-5H3,(H,28,32)/t19-,22+/m1/s1. The van der Waals surface area contributed by atoms with E-state index in [0.717, 1.165) is 17.0 Å². The lowest BCUT2D eigenvalue weighted by Crippen LogP contribution is -2.53. The minimum absolute atomic E-state index is 0.0512. The van der Waals surface area contributed by atoms with Gasteiger partial charge in [-0.3, -0.25) is 13.9 Å². The van der Waals surface area contributed by atoms with Gasteiger partial charge in [0, 0.05) is 17.6 Å². The van der Waals surface area contributed by atoms with Gasteiger partial charge in [0.2, 0.25) is 21.8 Å². The Balaban J connectivity index is 2.50. The Labute approximate surface area is 219 Å². The first kappa shape index (κ1) is 29.5. The van der Waals surface area contributed by atoms with Gasteiger partial charge < -0.3 is 15.0 Å². The molecule has 2 aromatic rings. The summed E-state index contributed by atoms with van der Waals surface area (Å²) in [7, 11) is -3.86. The van der Waals surface area contributed by atoms with E-state index in [1.165, 1.54) is 4.90 Å². The van der Waals surface area contributed by atoms with Crippen LogP contribution in [0.5, 0.6) is 5.75 Å². The second-order valence-corrected chi connectivity index (χ2v) is 10.8. The molecule has 0 aliphatic rings. The van der Waals surface area contributed by atoms with E-state index in [9.17, 15) is 18.0 Å². The number of rotatable bonds is 13. The van der Waals surface area contributed by atoms with E-state index >= 15 is 0 Å². The van der Waals surface area contributed by atoms with Crippen LogP contribution in [0.25, 0.3) is 0 Å². The summed E-state index contributed by atoms with van der Waals surface area (Å²) in [5.74, 6) is -0.483. The van der Waals surface area contributed by atoms with Crippen LogP contribution in [0.2, 0.25) is 5.02 Å². The van der Waals surface area contributed by atoms with Crippen molar-refractivity contribution in [3.05, 3.63) is 59.1 Å². The lowest BCUT2D eigenvalue weighted by atomic mass is 10.1. The first-order valence-corrected chi connectivity index (χ1v) is 14.3. The number of sulfonamides is 1. The Morgan fingerprint density at radius 3 is 2.25 bits per heavy atom. The summed E-state index contributed by atoms with van der Waals surface area (Å²) in [5, 5.41) is 3.39. The molecule has 10 heteroatoms. The normalized spacial score (nSPS) is 12.9. The number of benzene rings is 2. The van der Waals surface area contributed by atoms with Crippen molar-refractivity contribution in [1.29, 1.82) is 0 Å². The molecule has 0 aliphatic carbocycles. The number of hydrogen-bond donors (Lipinski definition) is 1. The van der Waals surface area contributed by atoms with Gasteiger partial charge in [-0.25, -0.2) is 8.42 Å². The first-order valence-electron chi connectivity index (χ1n) is 12.1. The summed E-state index contributed by atoms with van der Waals surface area (Å²) in [6.45, 7) is 7.33. The lowest BCUT2D eigenvalue weighted by Gasteiger charge is -2.33. The Morgan fingerprint density at radius 2 is 1.67 bits per heavy atom. The largest absolute Gasteiger partial charge is 0.492 e. The van der Waals surface area contributed by atoms with Crippen LogP contribution < -0.4 is 14.4 Å². The topological polar surface area (TPSA) is 96.0 Å². The summed E-state index contributed by atoms with van der Waals surface area (Å²) in [6, 6.07) is 12.8. The predicted molar refractivity (Wildman–Crippen MR) is 144 cm³/mol. The van der Waals surface area contributed by atoms with Gasteiger partial charge in [0.05, 0.1) is 18.6 Å². The van der Waals surface area contributed by atoms with Gasteiger partial charge in [-0.2, -0.15) is 0 Å². The second-order valence-electron chi connectivity index (χ2n) is 8.53. The first-order chi connectivity index (χ1) is 17.0. The number of para-hydroxylation sites is 2. The Morgan fingerprint density at radius 1 is 1.03 bits per heavy atom. The molecule has 0 heterocycles. The van der Waals surface area contributed by atoms with Crippen molar-refractivity contribution >= 4 is 39.1 Å². The summed E-state index contributed by atoms with van der Waals surface area (Å²) >= 11 is 6.38. The molecule has 0 spiro atoms. The molecule has 0 unspecified atom stereocenters. The smallest absolute Gasteiger partial charge is 0.244 e. The molecule has 0 radical (unpaired) electrons. The van der Waals surface area contributed by atoms with E-state index in [-0.39, 0.29) is 24.2 Å². The molecule has 1 N–H and O–H groups in total. The fraction of sp³-hybridized carbons (Fsp3) is 0.462. The zero-order chi connectivity index (χ0) is 26.9. The summed E-state index contributed by atoms with van der Waals surface area (Å²) in [5.41, 5.74) is 0.910. The number of carbonyl (C=O) groups is 2. The third-order valence-electron chi connectivity index (χ3n) is 5.80.